The highest BCUT2D eigenvalue weighted by Gasteiger charge is 2.49. The Balaban J connectivity index is 2.31. The van der Waals surface area contributed by atoms with Crippen LogP contribution < -0.4 is 16.2 Å². The van der Waals surface area contributed by atoms with Crippen molar-refractivity contribution < 1.29 is 28.7 Å². The molecule has 0 aliphatic carbocycles. The van der Waals surface area contributed by atoms with E-state index in [1.165, 1.54) is 0 Å². The average molecular weight is 350 g/mol. The van der Waals surface area contributed by atoms with E-state index < -0.39 is 50.2 Å². The third-order valence-corrected chi connectivity index (χ3v) is 3.55. The largest absolute Gasteiger partial charge is 0.469 e. The zero-order valence-electron chi connectivity index (χ0n) is 11.3. The van der Waals surface area contributed by atoms with Crippen molar-refractivity contribution in [1.29, 1.82) is 5.53 Å². The van der Waals surface area contributed by atoms with Crippen LogP contribution >= 0.6 is 7.82 Å². The molecule has 2 rings (SSSR count). The number of aliphatic hydroxyl groups is 1. The van der Waals surface area contributed by atoms with Crippen molar-refractivity contribution in [1.82, 2.24) is 14.5 Å². The van der Waals surface area contributed by atoms with Gasteiger partial charge in [-0.1, -0.05) is 0 Å². The van der Waals surface area contributed by atoms with Crippen molar-refractivity contribution >= 4 is 7.82 Å². The van der Waals surface area contributed by atoms with Crippen LogP contribution in [-0.4, -0.2) is 49.3 Å². The number of aliphatic hydroxyl groups excluding tert-OH is 1. The monoisotopic (exact) mass is 350 g/mol. The maximum atomic E-state index is 11.8. The predicted molar refractivity (Wildman–Crippen MR) is 70.3 cm³/mol. The molecule has 1 saturated heterocycles. The van der Waals surface area contributed by atoms with Gasteiger partial charge in [0.25, 0.3) is 5.56 Å². The summed E-state index contributed by atoms with van der Waals surface area (Å²) in [6.45, 7) is -0.677. The molecule has 0 saturated carbocycles. The van der Waals surface area contributed by atoms with Crippen LogP contribution in [0.2, 0.25) is 0 Å². The SMILES string of the molecule is N=[N+]=N[C@@H]1[C@H](O)[C@@H](COP(=O)(O)O)O[C@H]1n1ccc(=O)[nH]c1=O. The zero-order valence-corrected chi connectivity index (χ0v) is 12.2. The first kappa shape index (κ1) is 17.4. The first-order valence-electron chi connectivity index (χ1n) is 6.14. The highest BCUT2D eigenvalue weighted by atomic mass is 31.2. The summed E-state index contributed by atoms with van der Waals surface area (Å²) in [7, 11) is -4.79. The molecule has 0 aromatic carbocycles. The molecule has 0 unspecified atom stereocenters. The van der Waals surface area contributed by atoms with Gasteiger partial charge in [0.05, 0.1) is 6.61 Å². The molecule has 14 heteroatoms. The van der Waals surface area contributed by atoms with Crippen LogP contribution in [0.5, 0.6) is 0 Å². The Labute approximate surface area is 127 Å². The van der Waals surface area contributed by atoms with Gasteiger partial charge in [-0.2, -0.15) is 0 Å². The summed E-state index contributed by atoms with van der Waals surface area (Å²) in [5, 5.41) is 13.5. The first-order chi connectivity index (χ1) is 10.7. The third kappa shape index (κ3) is 4.06. The Morgan fingerprint density at radius 3 is 2.78 bits per heavy atom. The van der Waals surface area contributed by atoms with Crippen LogP contribution in [0.25, 0.3) is 0 Å². The van der Waals surface area contributed by atoms with Crippen molar-refractivity contribution in [2.24, 2.45) is 5.11 Å². The van der Waals surface area contributed by atoms with Gasteiger partial charge in [-0.15, -0.1) is 0 Å². The second-order valence-corrected chi connectivity index (χ2v) is 5.80. The number of nitrogens with zero attached hydrogens (tertiary/aromatic N) is 3. The van der Waals surface area contributed by atoms with Crippen molar-refractivity contribution in [2.45, 2.75) is 24.5 Å². The van der Waals surface area contributed by atoms with Crippen molar-refractivity contribution in [2.75, 3.05) is 6.61 Å². The van der Waals surface area contributed by atoms with E-state index in [2.05, 4.69) is 14.5 Å². The summed E-state index contributed by atoms with van der Waals surface area (Å²) >= 11 is 0. The number of phosphoric ester groups is 1. The van der Waals surface area contributed by atoms with E-state index in [4.69, 9.17) is 20.1 Å². The number of phosphoric acid groups is 1. The first-order valence-corrected chi connectivity index (χ1v) is 7.67. The summed E-state index contributed by atoms with van der Waals surface area (Å²) in [5.74, 6) is 0. The maximum absolute atomic E-state index is 11.8. The number of rotatable bonds is 5. The predicted octanol–water partition coefficient (Wildman–Crippen LogP) is -2.18. The number of aromatic amines is 1. The number of nitrogens with one attached hydrogen (secondary N) is 2. The third-order valence-electron chi connectivity index (χ3n) is 3.06. The van der Waals surface area contributed by atoms with E-state index in [-0.39, 0.29) is 0 Å². The molecule has 4 atom stereocenters. The number of aromatic nitrogens is 2. The van der Waals surface area contributed by atoms with Gasteiger partial charge in [0, 0.05) is 12.3 Å². The van der Waals surface area contributed by atoms with Crippen molar-refractivity contribution in [3.63, 3.8) is 0 Å². The summed E-state index contributed by atoms with van der Waals surface area (Å²) in [4.78, 5) is 45.0. The van der Waals surface area contributed by atoms with Gasteiger partial charge in [-0.05, 0) is 0 Å². The van der Waals surface area contributed by atoms with Gasteiger partial charge in [0.15, 0.2) is 6.23 Å². The topological polar surface area (TPSA) is 201 Å². The zero-order chi connectivity index (χ0) is 17.2. The van der Waals surface area contributed by atoms with E-state index in [0.29, 0.717) is 0 Å². The molecule has 0 bridgehead atoms. The van der Waals surface area contributed by atoms with Gasteiger partial charge < -0.3 is 19.6 Å². The maximum Gasteiger partial charge on any atom is 0.469 e. The van der Waals surface area contributed by atoms with E-state index in [0.717, 1.165) is 16.8 Å². The molecule has 1 aliphatic heterocycles. The minimum absolute atomic E-state index is 0.648. The minimum Gasteiger partial charge on any atom is -0.388 e. The fraction of sp³-hybridized carbons (Fsp3) is 0.556. The summed E-state index contributed by atoms with van der Waals surface area (Å²) in [6.07, 6.45) is -2.83. The van der Waals surface area contributed by atoms with Crippen LogP contribution in [0.3, 0.4) is 0 Å². The van der Waals surface area contributed by atoms with Gasteiger partial charge in [0.2, 0.25) is 11.0 Å². The molecule has 5 N–H and O–H groups in total. The average Bonchev–Trinajstić information content (AvgIpc) is 2.74. The molecule has 1 aromatic heterocycles. The normalized spacial score (nSPS) is 27.6. The molecule has 1 aromatic rings. The molecule has 13 nitrogen and oxygen atoms in total. The molecule has 0 amide bonds. The molecular formula is C9H13N5O8P+. The fourth-order valence-electron chi connectivity index (χ4n) is 2.09. The Kier molecular flexibility index (Phi) is 5.02. The van der Waals surface area contributed by atoms with Gasteiger partial charge in [0.1, 0.15) is 22.9 Å². The summed E-state index contributed by atoms with van der Waals surface area (Å²) in [6, 6.07) is -0.174. The van der Waals surface area contributed by atoms with Crippen LogP contribution in [0.1, 0.15) is 6.23 Å². The lowest BCUT2D eigenvalue weighted by molar-refractivity contribution is -0.0457. The highest BCUT2D eigenvalue weighted by molar-refractivity contribution is 7.46. The second-order valence-electron chi connectivity index (χ2n) is 4.57. The lowest BCUT2D eigenvalue weighted by Gasteiger charge is -2.15. The molecular weight excluding hydrogens is 337 g/mol. The standard InChI is InChI=1S/C9H12N5O8P/c10-13-12-6-7(16)4(3-21-23(18,19)20)22-8(6)14-2-1-5(15)11-9(14)17/h1-2,4,6-8,10,16H,3H2,(H2-,11,15,17,18,19,20)/p+1/t4-,6-,7-,8-/m1/s1. The van der Waals surface area contributed by atoms with E-state index in [1.54, 1.807) is 0 Å². The number of hydrogen-bond donors (Lipinski definition) is 5. The van der Waals surface area contributed by atoms with Crippen molar-refractivity contribution in [3.05, 3.63) is 33.1 Å². The number of ether oxygens (including phenoxy) is 1. The Morgan fingerprint density at radius 1 is 1.52 bits per heavy atom. The van der Waals surface area contributed by atoms with Crippen LogP contribution in [0.4, 0.5) is 0 Å². The minimum atomic E-state index is -4.79. The lowest BCUT2D eigenvalue weighted by atomic mass is 10.1. The Hall–Kier alpha value is -1.98. The fourth-order valence-corrected chi connectivity index (χ4v) is 2.43. The molecule has 23 heavy (non-hydrogen) atoms. The molecule has 0 radical (unpaired) electrons. The summed E-state index contributed by atoms with van der Waals surface area (Å²) < 4.78 is 21.2. The van der Waals surface area contributed by atoms with Gasteiger partial charge in [-0.3, -0.25) is 18.9 Å². The molecule has 126 valence electrons. The molecule has 1 aliphatic rings. The number of hydrogen-bond acceptors (Lipinski definition) is 8. The molecule has 0 spiro atoms. The smallest absolute Gasteiger partial charge is 0.388 e. The van der Waals surface area contributed by atoms with Crippen LogP contribution in [-0.2, 0) is 13.8 Å². The number of H-pyrrole nitrogens is 1. The Bertz CT molecular complexity index is 779. The van der Waals surface area contributed by atoms with E-state index >= 15 is 0 Å². The van der Waals surface area contributed by atoms with E-state index in [9.17, 15) is 19.3 Å². The summed E-state index contributed by atoms with van der Waals surface area (Å²) in [5.41, 5.74) is 5.26. The van der Waals surface area contributed by atoms with Crippen LogP contribution in [0.15, 0.2) is 27.0 Å². The second kappa shape index (κ2) is 6.64. The Morgan fingerprint density at radius 2 is 2.22 bits per heavy atom. The van der Waals surface area contributed by atoms with Crippen LogP contribution in [0, 0.1) is 5.53 Å². The lowest BCUT2D eigenvalue weighted by Crippen LogP contribution is -2.37. The highest BCUT2D eigenvalue weighted by Crippen LogP contribution is 2.38. The molecule has 2 heterocycles. The van der Waals surface area contributed by atoms with Gasteiger partial charge in [-0.25, -0.2) is 9.36 Å². The van der Waals surface area contributed by atoms with E-state index in [1.807, 2.05) is 4.98 Å². The van der Waals surface area contributed by atoms with Crippen molar-refractivity contribution in [3.8, 4) is 0 Å². The molecule has 1 fully saturated rings. The van der Waals surface area contributed by atoms with Gasteiger partial charge >= 0.3 is 13.5 Å². The quantitative estimate of drug-likeness (QED) is 0.224.